The number of hydrogen-bond donors (Lipinski definition) is 3. The molecule has 0 spiro atoms. The molecule has 8 heteroatoms. The predicted octanol–water partition coefficient (Wildman–Crippen LogP) is 1.42. The monoisotopic (exact) mass is 319 g/mol. The van der Waals surface area contributed by atoms with Crippen molar-refractivity contribution < 1.29 is 23.4 Å². The molecular weight excluding hydrogens is 302 g/mol. The Labute approximate surface area is 121 Å². The molecule has 0 amide bonds. The second-order valence-corrected chi connectivity index (χ2v) is 8.11. The minimum absolute atomic E-state index is 0.0262. The molecule has 0 bridgehead atoms. The van der Waals surface area contributed by atoms with Gasteiger partial charge >= 0.3 is 5.97 Å². The number of sulfonamides is 1. The Morgan fingerprint density at radius 1 is 1.30 bits per heavy atom. The zero-order chi connectivity index (χ0) is 14.8. The van der Waals surface area contributed by atoms with Gasteiger partial charge in [0.15, 0.2) is 0 Å². The molecule has 2 rings (SSSR count). The van der Waals surface area contributed by atoms with Crippen molar-refractivity contribution in [3.8, 4) is 0 Å². The second-order valence-electron chi connectivity index (χ2n) is 5.03. The lowest BCUT2D eigenvalue weighted by Gasteiger charge is -2.31. The minimum atomic E-state index is -3.77. The molecule has 1 heterocycles. The summed E-state index contributed by atoms with van der Waals surface area (Å²) in [6.07, 6.45) is 4.00. The largest absolute Gasteiger partial charge is 0.477 e. The summed E-state index contributed by atoms with van der Waals surface area (Å²) in [5.74, 6) is -1.15. The Morgan fingerprint density at radius 2 is 1.95 bits per heavy atom. The van der Waals surface area contributed by atoms with E-state index in [1.165, 1.54) is 12.1 Å². The molecule has 0 aliphatic heterocycles. The minimum Gasteiger partial charge on any atom is -0.477 e. The topological polar surface area (TPSA) is 104 Å². The van der Waals surface area contributed by atoms with Crippen molar-refractivity contribution >= 4 is 27.3 Å². The van der Waals surface area contributed by atoms with E-state index in [9.17, 15) is 18.3 Å². The Morgan fingerprint density at radius 3 is 2.50 bits per heavy atom. The van der Waals surface area contributed by atoms with Crippen molar-refractivity contribution in [3.63, 3.8) is 0 Å². The summed E-state index contributed by atoms with van der Waals surface area (Å²) in [6.45, 7) is -0.0321. The molecule has 0 radical (unpaired) electrons. The van der Waals surface area contributed by atoms with Crippen molar-refractivity contribution in [2.24, 2.45) is 0 Å². The quantitative estimate of drug-likeness (QED) is 0.761. The van der Waals surface area contributed by atoms with Crippen LogP contribution in [0.15, 0.2) is 16.3 Å². The van der Waals surface area contributed by atoms with Crippen LogP contribution in [0, 0.1) is 0 Å². The summed E-state index contributed by atoms with van der Waals surface area (Å²) >= 11 is 0.702. The van der Waals surface area contributed by atoms with Crippen LogP contribution in [-0.2, 0) is 10.0 Å². The van der Waals surface area contributed by atoms with Crippen LogP contribution in [0.2, 0.25) is 0 Å². The van der Waals surface area contributed by atoms with Crippen LogP contribution in [0.5, 0.6) is 0 Å². The van der Waals surface area contributed by atoms with E-state index in [0.717, 1.165) is 19.3 Å². The lowest BCUT2D eigenvalue weighted by Crippen LogP contribution is -2.44. The summed E-state index contributed by atoms with van der Waals surface area (Å²) in [5.41, 5.74) is -0.988. The van der Waals surface area contributed by atoms with E-state index in [0.29, 0.717) is 24.2 Å². The number of hydrogen-bond acceptors (Lipinski definition) is 5. The molecule has 1 fully saturated rings. The van der Waals surface area contributed by atoms with Gasteiger partial charge in [-0.3, -0.25) is 0 Å². The molecule has 3 N–H and O–H groups in total. The number of carboxylic acids is 1. The van der Waals surface area contributed by atoms with E-state index in [2.05, 4.69) is 4.72 Å². The highest BCUT2D eigenvalue weighted by Crippen LogP contribution is 2.28. The maximum absolute atomic E-state index is 12.0. The van der Waals surface area contributed by atoms with Crippen LogP contribution in [0.4, 0.5) is 0 Å². The van der Waals surface area contributed by atoms with Gasteiger partial charge in [0.05, 0.1) is 5.60 Å². The standard InChI is InChI=1S/C12H17NO5S2/c14-11(15)9-4-5-10(19-9)20(17,18)13-8-12(16)6-2-1-3-7-12/h4-5,13,16H,1-3,6-8H2,(H,14,15). The Hall–Kier alpha value is -0.960. The van der Waals surface area contributed by atoms with Gasteiger partial charge < -0.3 is 10.2 Å². The molecule has 0 unspecified atom stereocenters. The molecule has 0 aromatic carbocycles. The van der Waals surface area contributed by atoms with E-state index < -0.39 is 21.6 Å². The van der Waals surface area contributed by atoms with Crippen LogP contribution in [-0.4, -0.2) is 36.7 Å². The number of carbonyl (C=O) groups is 1. The average Bonchev–Trinajstić information content (AvgIpc) is 2.88. The smallest absolute Gasteiger partial charge is 0.345 e. The van der Waals surface area contributed by atoms with Gasteiger partial charge in [0.25, 0.3) is 0 Å². The van der Waals surface area contributed by atoms with Crippen molar-refractivity contribution in [3.05, 3.63) is 17.0 Å². The van der Waals surface area contributed by atoms with Crippen LogP contribution in [0.25, 0.3) is 0 Å². The van der Waals surface area contributed by atoms with Crippen LogP contribution in [0.1, 0.15) is 41.8 Å². The van der Waals surface area contributed by atoms with Crippen LogP contribution < -0.4 is 4.72 Å². The van der Waals surface area contributed by atoms with Crippen molar-refractivity contribution in [1.29, 1.82) is 0 Å². The fourth-order valence-electron chi connectivity index (χ4n) is 2.27. The molecule has 20 heavy (non-hydrogen) atoms. The van der Waals surface area contributed by atoms with Crippen LogP contribution in [0.3, 0.4) is 0 Å². The molecule has 6 nitrogen and oxygen atoms in total. The zero-order valence-electron chi connectivity index (χ0n) is 10.8. The van der Waals surface area contributed by atoms with Gasteiger partial charge in [-0.1, -0.05) is 19.3 Å². The highest BCUT2D eigenvalue weighted by molar-refractivity contribution is 7.91. The van der Waals surface area contributed by atoms with Gasteiger partial charge in [0.1, 0.15) is 9.09 Å². The fourth-order valence-corrected chi connectivity index (χ4v) is 4.58. The Bertz CT molecular complexity index is 587. The summed E-state index contributed by atoms with van der Waals surface area (Å²) in [7, 11) is -3.77. The van der Waals surface area contributed by atoms with Gasteiger partial charge in [-0.05, 0) is 25.0 Å². The Kier molecular flexibility index (Phi) is 4.48. The molecule has 1 aromatic heterocycles. The van der Waals surface area contributed by atoms with Crippen LogP contribution >= 0.6 is 11.3 Å². The number of thiophene rings is 1. The molecule has 1 saturated carbocycles. The maximum Gasteiger partial charge on any atom is 0.345 e. The number of aromatic carboxylic acids is 1. The van der Waals surface area contributed by atoms with E-state index in [-0.39, 0.29) is 15.6 Å². The van der Waals surface area contributed by atoms with Gasteiger partial charge in [0.2, 0.25) is 10.0 Å². The van der Waals surface area contributed by atoms with Crippen molar-refractivity contribution in [2.45, 2.75) is 41.9 Å². The molecule has 1 aliphatic rings. The lowest BCUT2D eigenvalue weighted by atomic mass is 9.85. The molecule has 1 aliphatic carbocycles. The van der Waals surface area contributed by atoms with E-state index >= 15 is 0 Å². The highest BCUT2D eigenvalue weighted by atomic mass is 32.2. The molecular formula is C12H17NO5S2. The SMILES string of the molecule is O=C(O)c1ccc(S(=O)(=O)NCC2(O)CCCCC2)s1. The molecule has 1 aromatic rings. The highest BCUT2D eigenvalue weighted by Gasteiger charge is 2.31. The third kappa shape index (κ3) is 3.57. The summed E-state index contributed by atoms with van der Waals surface area (Å²) in [4.78, 5) is 10.7. The van der Waals surface area contributed by atoms with Crippen molar-refractivity contribution in [1.82, 2.24) is 4.72 Å². The third-order valence-corrected chi connectivity index (χ3v) is 6.40. The van der Waals surface area contributed by atoms with E-state index in [1.807, 2.05) is 0 Å². The lowest BCUT2D eigenvalue weighted by molar-refractivity contribution is 0.00946. The van der Waals surface area contributed by atoms with Gasteiger partial charge in [0, 0.05) is 6.54 Å². The first-order chi connectivity index (χ1) is 9.32. The number of aliphatic hydroxyl groups is 1. The predicted molar refractivity (Wildman–Crippen MR) is 74.5 cm³/mol. The number of carboxylic acid groups (broad SMARTS) is 1. The van der Waals surface area contributed by atoms with Gasteiger partial charge in [-0.15, -0.1) is 11.3 Å². The number of nitrogens with one attached hydrogen (secondary N) is 1. The zero-order valence-corrected chi connectivity index (χ0v) is 12.5. The van der Waals surface area contributed by atoms with E-state index in [1.54, 1.807) is 0 Å². The molecule has 112 valence electrons. The van der Waals surface area contributed by atoms with Gasteiger partial charge in [-0.2, -0.15) is 0 Å². The van der Waals surface area contributed by atoms with Crippen molar-refractivity contribution in [2.75, 3.05) is 6.54 Å². The first kappa shape index (κ1) is 15.4. The summed E-state index contributed by atoms with van der Waals surface area (Å²) in [6, 6.07) is 2.53. The van der Waals surface area contributed by atoms with Gasteiger partial charge in [-0.25, -0.2) is 17.9 Å². The third-order valence-electron chi connectivity index (χ3n) is 3.43. The normalized spacial score (nSPS) is 18.9. The summed E-state index contributed by atoms with van der Waals surface area (Å²) in [5, 5.41) is 19.1. The second kappa shape index (κ2) is 5.80. The maximum atomic E-state index is 12.0. The molecule has 0 saturated heterocycles. The number of rotatable bonds is 5. The first-order valence-corrected chi connectivity index (χ1v) is 8.68. The Balaban J connectivity index is 2.05. The first-order valence-electron chi connectivity index (χ1n) is 6.38. The fraction of sp³-hybridized carbons (Fsp3) is 0.583. The van der Waals surface area contributed by atoms with E-state index in [4.69, 9.17) is 5.11 Å². The average molecular weight is 319 g/mol. The summed E-state index contributed by atoms with van der Waals surface area (Å²) < 4.78 is 26.4. The molecule has 0 atom stereocenters.